The molecule has 2 N–H and O–H groups in total. The first-order chi connectivity index (χ1) is 9.28. The molecule has 2 heterocycles. The van der Waals surface area contributed by atoms with E-state index in [4.69, 9.17) is 5.73 Å². The normalized spacial score (nSPS) is 10.8. The molecule has 5 heteroatoms. The number of hydrogen-bond acceptors (Lipinski definition) is 4. The highest BCUT2D eigenvalue weighted by Gasteiger charge is 2.09. The molecule has 0 bridgehead atoms. The van der Waals surface area contributed by atoms with E-state index in [1.165, 1.54) is 0 Å². The summed E-state index contributed by atoms with van der Waals surface area (Å²) >= 11 is 1.63. The Morgan fingerprint density at radius 2 is 2.26 bits per heavy atom. The van der Waals surface area contributed by atoms with Crippen LogP contribution in [0.4, 0.5) is 0 Å². The molecule has 0 atom stereocenters. The van der Waals surface area contributed by atoms with E-state index in [-0.39, 0.29) is 0 Å². The molecule has 0 aliphatic heterocycles. The van der Waals surface area contributed by atoms with E-state index in [0.717, 1.165) is 27.5 Å². The number of thiazole rings is 1. The number of nitrogens with zero attached hydrogens (tertiary/aromatic N) is 3. The number of imidazole rings is 1. The first-order valence-electron chi connectivity index (χ1n) is 5.99. The summed E-state index contributed by atoms with van der Waals surface area (Å²) in [5.74, 6) is 0. The summed E-state index contributed by atoms with van der Waals surface area (Å²) in [6.45, 7) is 0.548. The Kier molecular flexibility index (Phi) is 3.15. The minimum atomic E-state index is 0.548. The van der Waals surface area contributed by atoms with Gasteiger partial charge >= 0.3 is 0 Å². The lowest BCUT2D eigenvalue weighted by molar-refractivity contribution is 0.920. The topological polar surface area (TPSA) is 56.7 Å². The molecule has 4 nitrogen and oxygen atoms in total. The predicted octanol–water partition coefficient (Wildman–Crippen LogP) is 2.67. The maximum absolute atomic E-state index is 5.67. The Hall–Kier alpha value is -1.98. The van der Waals surface area contributed by atoms with Gasteiger partial charge in [0.25, 0.3) is 0 Å². The monoisotopic (exact) mass is 270 g/mol. The fourth-order valence-corrected chi connectivity index (χ4v) is 2.83. The molecule has 0 saturated carbocycles. The van der Waals surface area contributed by atoms with E-state index in [1.807, 2.05) is 29.9 Å². The first kappa shape index (κ1) is 12.1. The Morgan fingerprint density at radius 1 is 1.37 bits per heavy atom. The van der Waals surface area contributed by atoms with Gasteiger partial charge in [0.15, 0.2) is 0 Å². The van der Waals surface area contributed by atoms with E-state index in [2.05, 4.69) is 27.5 Å². The molecular formula is C14H14N4S. The molecule has 96 valence electrons. The zero-order valence-electron chi connectivity index (χ0n) is 10.6. The van der Waals surface area contributed by atoms with Gasteiger partial charge in [0.1, 0.15) is 5.01 Å². The maximum atomic E-state index is 5.67. The molecule has 0 saturated heterocycles. The van der Waals surface area contributed by atoms with E-state index >= 15 is 0 Å². The van der Waals surface area contributed by atoms with Crippen LogP contribution in [0, 0.1) is 0 Å². The van der Waals surface area contributed by atoms with E-state index in [0.29, 0.717) is 6.54 Å². The first-order valence-corrected chi connectivity index (χ1v) is 6.87. The maximum Gasteiger partial charge on any atom is 0.142 e. The van der Waals surface area contributed by atoms with Gasteiger partial charge in [0, 0.05) is 24.5 Å². The van der Waals surface area contributed by atoms with Crippen molar-refractivity contribution in [3.05, 3.63) is 47.7 Å². The second-order valence-electron chi connectivity index (χ2n) is 4.33. The molecule has 0 fully saturated rings. The van der Waals surface area contributed by atoms with Crippen LogP contribution in [0.1, 0.15) is 5.56 Å². The van der Waals surface area contributed by atoms with E-state index in [9.17, 15) is 0 Å². The van der Waals surface area contributed by atoms with Crippen molar-refractivity contribution in [2.45, 2.75) is 6.54 Å². The largest absolute Gasteiger partial charge is 0.332 e. The molecule has 0 unspecified atom stereocenters. The van der Waals surface area contributed by atoms with Gasteiger partial charge in [-0.25, -0.2) is 9.97 Å². The highest BCUT2D eigenvalue weighted by atomic mass is 32.1. The van der Waals surface area contributed by atoms with Crippen molar-refractivity contribution in [3.8, 4) is 22.0 Å². The van der Waals surface area contributed by atoms with Crippen molar-refractivity contribution in [1.82, 2.24) is 14.5 Å². The van der Waals surface area contributed by atoms with Crippen LogP contribution in [-0.4, -0.2) is 14.5 Å². The van der Waals surface area contributed by atoms with Gasteiger partial charge < -0.3 is 10.3 Å². The molecule has 0 aliphatic rings. The average Bonchev–Trinajstić information content (AvgIpc) is 3.07. The lowest BCUT2D eigenvalue weighted by Crippen LogP contribution is -1.95. The fraction of sp³-hybridized carbons (Fsp3) is 0.143. The number of rotatable bonds is 3. The SMILES string of the molecule is Cn1cncc1-c1nc(-c2cccc(CN)c2)cs1. The molecule has 3 rings (SSSR count). The van der Waals surface area contributed by atoms with Gasteiger partial charge in [-0.15, -0.1) is 11.3 Å². The quantitative estimate of drug-likeness (QED) is 0.796. The summed E-state index contributed by atoms with van der Waals surface area (Å²) in [6.07, 6.45) is 3.62. The standard InChI is InChI=1S/C14H14N4S/c1-18-9-16-7-13(18)14-17-12(8-19-14)11-4-2-3-10(5-11)6-15/h2-5,7-9H,6,15H2,1H3. The Bertz CT molecular complexity index is 699. The van der Waals surface area contributed by atoms with Crippen LogP contribution in [0.2, 0.25) is 0 Å². The number of aromatic nitrogens is 3. The van der Waals surface area contributed by atoms with Gasteiger partial charge in [-0.3, -0.25) is 0 Å². The van der Waals surface area contributed by atoms with Crippen molar-refractivity contribution in [1.29, 1.82) is 0 Å². The average molecular weight is 270 g/mol. The summed E-state index contributed by atoms with van der Waals surface area (Å²) < 4.78 is 1.97. The lowest BCUT2D eigenvalue weighted by Gasteiger charge is -2.00. The van der Waals surface area contributed by atoms with Crippen LogP contribution >= 0.6 is 11.3 Å². The Labute approximate surface area is 115 Å². The number of nitrogens with two attached hydrogens (primary N) is 1. The van der Waals surface area contributed by atoms with Crippen molar-refractivity contribution < 1.29 is 0 Å². The second kappa shape index (κ2) is 4.95. The number of benzene rings is 1. The Balaban J connectivity index is 1.99. The third-order valence-electron chi connectivity index (χ3n) is 3.00. The van der Waals surface area contributed by atoms with Crippen LogP contribution in [0.25, 0.3) is 22.0 Å². The van der Waals surface area contributed by atoms with Crippen molar-refractivity contribution in [2.24, 2.45) is 12.8 Å². The van der Waals surface area contributed by atoms with Gasteiger partial charge in [-0.05, 0) is 11.6 Å². The van der Waals surface area contributed by atoms with Crippen molar-refractivity contribution in [3.63, 3.8) is 0 Å². The molecule has 0 aliphatic carbocycles. The van der Waals surface area contributed by atoms with Gasteiger partial charge in [-0.1, -0.05) is 18.2 Å². The summed E-state index contributed by atoms with van der Waals surface area (Å²) in [5.41, 5.74) is 9.91. The number of aryl methyl sites for hydroxylation is 1. The third-order valence-corrected chi connectivity index (χ3v) is 3.86. The van der Waals surface area contributed by atoms with Crippen LogP contribution in [0.5, 0.6) is 0 Å². The lowest BCUT2D eigenvalue weighted by atomic mass is 10.1. The summed E-state index contributed by atoms with van der Waals surface area (Å²) in [7, 11) is 1.97. The summed E-state index contributed by atoms with van der Waals surface area (Å²) in [4.78, 5) is 8.80. The highest BCUT2D eigenvalue weighted by molar-refractivity contribution is 7.13. The predicted molar refractivity (Wildman–Crippen MR) is 77.6 cm³/mol. The minimum absolute atomic E-state index is 0.548. The molecular weight excluding hydrogens is 256 g/mol. The smallest absolute Gasteiger partial charge is 0.142 e. The molecule has 2 aromatic heterocycles. The van der Waals surface area contributed by atoms with Crippen molar-refractivity contribution in [2.75, 3.05) is 0 Å². The molecule has 0 spiro atoms. The molecule has 0 radical (unpaired) electrons. The fourth-order valence-electron chi connectivity index (χ4n) is 1.94. The molecule has 0 amide bonds. The van der Waals surface area contributed by atoms with Crippen LogP contribution < -0.4 is 5.73 Å². The van der Waals surface area contributed by atoms with E-state index in [1.54, 1.807) is 17.7 Å². The Morgan fingerprint density at radius 3 is 3.00 bits per heavy atom. The van der Waals surface area contributed by atoms with Crippen molar-refractivity contribution >= 4 is 11.3 Å². The van der Waals surface area contributed by atoms with Crippen LogP contribution in [-0.2, 0) is 13.6 Å². The highest BCUT2D eigenvalue weighted by Crippen LogP contribution is 2.28. The molecule has 3 aromatic rings. The van der Waals surface area contributed by atoms with Gasteiger partial charge in [0.05, 0.1) is 23.9 Å². The zero-order valence-corrected chi connectivity index (χ0v) is 11.4. The molecule has 19 heavy (non-hydrogen) atoms. The van der Waals surface area contributed by atoms with E-state index < -0.39 is 0 Å². The zero-order chi connectivity index (χ0) is 13.2. The van der Waals surface area contributed by atoms with Gasteiger partial charge in [0.2, 0.25) is 0 Å². The summed E-state index contributed by atoms with van der Waals surface area (Å²) in [6, 6.07) is 8.18. The molecule has 1 aromatic carbocycles. The third kappa shape index (κ3) is 2.30. The summed E-state index contributed by atoms with van der Waals surface area (Å²) in [5, 5.41) is 3.05. The van der Waals surface area contributed by atoms with Gasteiger partial charge in [-0.2, -0.15) is 0 Å². The second-order valence-corrected chi connectivity index (χ2v) is 5.19. The van der Waals surface area contributed by atoms with Crippen LogP contribution in [0.15, 0.2) is 42.2 Å². The number of hydrogen-bond donors (Lipinski definition) is 1. The van der Waals surface area contributed by atoms with Crippen LogP contribution in [0.3, 0.4) is 0 Å². The minimum Gasteiger partial charge on any atom is -0.332 e.